The Bertz CT molecular complexity index is 319. The van der Waals surface area contributed by atoms with E-state index in [1.54, 1.807) is 0 Å². The second-order valence-corrected chi connectivity index (χ2v) is 3.09. The minimum Gasteiger partial charge on any atom is -0.354 e. The fraction of sp³-hybridized carbons (Fsp3) is 0.500. The van der Waals surface area contributed by atoms with Gasteiger partial charge in [0.05, 0.1) is 23.6 Å². The minimum absolute atomic E-state index is 0.840. The number of H-pyrrole nitrogens is 1. The first-order chi connectivity index (χ1) is 6.27. The third kappa shape index (κ3) is 1.49. The van der Waals surface area contributed by atoms with Crippen LogP contribution >= 0.6 is 0 Å². The first-order valence-electron chi connectivity index (χ1n) is 4.34. The molecule has 0 unspecified atom stereocenters. The summed E-state index contributed by atoms with van der Waals surface area (Å²) in [6.07, 6.45) is 0. The van der Waals surface area contributed by atoms with E-state index in [-0.39, 0.29) is 0 Å². The lowest BCUT2D eigenvalue weighted by Gasteiger charge is -2.05. The molecule has 1 aliphatic rings. The summed E-state index contributed by atoms with van der Waals surface area (Å²) in [5.41, 5.74) is 3.02. The van der Waals surface area contributed by atoms with Gasteiger partial charge in [-0.2, -0.15) is 5.10 Å². The summed E-state index contributed by atoms with van der Waals surface area (Å²) in [5.74, 6) is 0.840. The van der Waals surface area contributed by atoms with E-state index in [1.807, 2.05) is 13.8 Å². The van der Waals surface area contributed by atoms with Gasteiger partial charge in [-0.05, 0) is 13.8 Å². The molecule has 0 saturated carbocycles. The lowest BCUT2D eigenvalue weighted by molar-refractivity contribution is 0.959. The zero-order chi connectivity index (χ0) is 9.26. The van der Waals surface area contributed by atoms with Crippen molar-refractivity contribution in [1.82, 2.24) is 15.5 Å². The molecule has 1 aromatic rings. The van der Waals surface area contributed by atoms with Gasteiger partial charge in [-0.1, -0.05) is 0 Å². The van der Waals surface area contributed by atoms with Gasteiger partial charge >= 0.3 is 0 Å². The van der Waals surface area contributed by atoms with Crippen molar-refractivity contribution in [2.75, 3.05) is 18.4 Å². The van der Waals surface area contributed by atoms with Crippen LogP contribution in [0.2, 0.25) is 0 Å². The van der Waals surface area contributed by atoms with Crippen LogP contribution < -0.4 is 10.6 Å². The number of aliphatic imine (C=N–C) groups is 1. The average molecular weight is 179 g/mol. The topological polar surface area (TPSA) is 65.1 Å². The monoisotopic (exact) mass is 179 g/mol. The number of aromatic nitrogens is 2. The standard InChI is InChI=1S/C8H13N5/c1-5-7(6(2)13-12-5)11-8-9-3-4-10-8/h3-4H2,1-2H3,(H,12,13)(H2,9,10,11). The number of nitrogens with zero attached hydrogens (tertiary/aromatic N) is 2. The van der Waals surface area contributed by atoms with Gasteiger partial charge in [-0.3, -0.25) is 10.1 Å². The molecular weight excluding hydrogens is 166 g/mol. The molecule has 3 N–H and O–H groups in total. The molecule has 0 saturated heterocycles. The van der Waals surface area contributed by atoms with Gasteiger partial charge in [0.2, 0.25) is 0 Å². The average Bonchev–Trinajstić information content (AvgIpc) is 2.70. The third-order valence-electron chi connectivity index (χ3n) is 2.05. The number of hydrogen-bond acceptors (Lipinski definition) is 4. The van der Waals surface area contributed by atoms with Crippen molar-refractivity contribution in [3.63, 3.8) is 0 Å². The van der Waals surface area contributed by atoms with E-state index in [1.165, 1.54) is 0 Å². The highest BCUT2D eigenvalue weighted by Gasteiger charge is 2.10. The zero-order valence-corrected chi connectivity index (χ0v) is 7.81. The van der Waals surface area contributed by atoms with Gasteiger partial charge < -0.3 is 10.6 Å². The van der Waals surface area contributed by atoms with Gasteiger partial charge in [0.15, 0.2) is 5.96 Å². The molecule has 1 aromatic heterocycles. The Kier molecular flexibility index (Phi) is 1.92. The second-order valence-electron chi connectivity index (χ2n) is 3.09. The number of hydrogen-bond donors (Lipinski definition) is 3. The van der Waals surface area contributed by atoms with E-state index < -0.39 is 0 Å². The van der Waals surface area contributed by atoms with Crippen molar-refractivity contribution >= 4 is 11.6 Å². The maximum absolute atomic E-state index is 4.25. The number of aromatic amines is 1. The summed E-state index contributed by atoms with van der Waals surface area (Å²) in [6.45, 7) is 5.70. The molecule has 0 aromatic carbocycles. The maximum atomic E-state index is 4.25. The molecule has 0 spiro atoms. The first kappa shape index (κ1) is 8.10. The summed E-state index contributed by atoms with van der Waals surface area (Å²) in [4.78, 5) is 4.25. The maximum Gasteiger partial charge on any atom is 0.196 e. The summed E-state index contributed by atoms with van der Waals surface area (Å²) in [7, 11) is 0. The highest BCUT2D eigenvalue weighted by atomic mass is 15.2. The Morgan fingerprint density at radius 2 is 2.23 bits per heavy atom. The summed E-state index contributed by atoms with van der Waals surface area (Å²) >= 11 is 0. The zero-order valence-electron chi connectivity index (χ0n) is 7.81. The first-order valence-corrected chi connectivity index (χ1v) is 4.34. The molecule has 0 amide bonds. The quantitative estimate of drug-likeness (QED) is 0.584. The van der Waals surface area contributed by atoms with Crippen molar-refractivity contribution in [2.24, 2.45) is 4.99 Å². The van der Waals surface area contributed by atoms with Gasteiger partial charge in [0.25, 0.3) is 0 Å². The molecule has 70 valence electrons. The fourth-order valence-electron chi connectivity index (χ4n) is 1.34. The van der Waals surface area contributed by atoms with Gasteiger partial charge in [0.1, 0.15) is 0 Å². The Labute approximate surface area is 76.6 Å². The van der Waals surface area contributed by atoms with Crippen LogP contribution in [-0.2, 0) is 0 Å². The van der Waals surface area contributed by atoms with E-state index in [2.05, 4.69) is 25.8 Å². The molecule has 0 bridgehead atoms. The van der Waals surface area contributed by atoms with Crippen LogP contribution in [0.25, 0.3) is 0 Å². The summed E-state index contributed by atoms with van der Waals surface area (Å²) < 4.78 is 0. The van der Waals surface area contributed by atoms with Crippen molar-refractivity contribution in [2.45, 2.75) is 13.8 Å². The third-order valence-corrected chi connectivity index (χ3v) is 2.05. The van der Waals surface area contributed by atoms with E-state index in [0.29, 0.717) is 0 Å². The minimum atomic E-state index is 0.840. The molecule has 5 nitrogen and oxygen atoms in total. The predicted molar refractivity (Wildman–Crippen MR) is 52.0 cm³/mol. The van der Waals surface area contributed by atoms with E-state index >= 15 is 0 Å². The number of nitrogens with one attached hydrogen (secondary N) is 3. The van der Waals surface area contributed by atoms with Crippen molar-refractivity contribution in [1.29, 1.82) is 0 Å². The van der Waals surface area contributed by atoms with Crippen LogP contribution in [0.15, 0.2) is 4.99 Å². The molecule has 2 rings (SSSR count). The molecule has 5 heteroatoms. The predicted octanol–water partition coefficient (Wildman–Crippen LogP) is 0.398. The van der Waals surface area contributed by atoms with Crippen molar-refractivity contribution in [3.05, 3.63) is 11.4 Å². The van der Waals surface area contributed by atoms with Crippen LogP contribution in [-0.4, -0.2) is 29.2 Å². The molecule has 1 aliphatic heterocycles. The molecule has 0 radical (unpaired) electrons. The second kappa shape index (κ2) is 3.08. The van der Waals surface area contributed by atoms with E-state index in [0.717, 1.165) is 36.1 Å². The van der Waals surface area contributed by atoms with Crippen LogP contribution in [0.3, 0.4) is 0 Å². The number of rotatable bonds is 1. The normalized spacial score (nSPS) is 15.4. The fourth-order valence-corrected chi connectivity index (χ4v) is 1.34. The summed E-state index contributed by atoms with van der Waals surface area (Å²) in [6, 6.07) is 0. The molecule has 2 heterocycles. The van der Waals surface area contributed by atoms with Crippen LogP contribution in [0, 0.1) is 13.8 Å². The smallest absolute Gasteiger partial charge is 0.196 e. The van der Waals surface area contributed by atoms with Gasteiger partial charge in [0, 0.05) is 6.54 Å². The number of aryl methyl sites for hydroxylation is 2. The SMILES string of the molecule is Cc1n[nH]c(C)c1NC1=NCCN1. The number of anilines is 1. The van der Waals surface area contributed by atoms with Gasteiger partial charge in [-0.25, -0.2) is 0 Å². The Morgan fingerprint density at radius 3 is 2.77 bits per heavy atom. The molecule has 13 heavy (non-hydrogen) atoms. The molecule has 0 fully saturated rings. The van der Waals surface area contributed by atoms with Gasteiger partial charge in [-0.15, -0.1) is 0 Å². The highest BCUT2D eigenvalue weighted by molar-refractivity contribution is 5.95. The molecular formula is C8H13N5. The van der Waals surface area contributed by atoms with Crippen LogP contribution in [0.5, 0.6) is 0 Å². The summed E-state index contributed by atoms with van der Waals surface area (Å²) in [5, 5.41) is 13.4. The molecule has 0 aliphatic carbocycles. The Morgan fingerprint density at radius 1 is 1.38 bits per heavy atom. The van der Waals surface area contributed by atoms with Crippen molar-refractivity contribution < 1.29 is 0 Å². The Balaban J connectivity index is 2.16. The number of guanidine groups is 1. The Hall–Kier alpha value is -1.52. The lowest BCUT2D eigenvalue weighted by atomic mass is 10.3. The van der Waals surface area contributed by atoms with E-state index in [9.17, 15) is 0 Å². The lowest BCUT2D eigenvalue weighted by Crippen LogP contribution is -2.26. The van der Waals surface area contributed by atoms with Crippen molar-refractivity contribution in [3.8, 4) is 0 Å². The largest absolute Gasteiger partial charge is 0.354 e. The highest BCUT2D eigenvalue weighted by Crippen LogP contribution is 2.15. The van der Waals surface area contributed by atoms with Crippen LogP contribution in [0.1, 0.15) is 11.4 Å². The molecule has 0 atom stereocenters. The van der Waals surface area contributed by atoms with E-state index in [4.69, 9.17) is 0 Å². The van der Waals surface area contributed by atoms with Crippen LogP contribution in [0.4, 0.5) is 5.69 Å².